The summed E-state index contributed by atoms with van der Waals surface area (Å²) < 4.78 is 0. The maximum absolute atomic E-state index is 11.7. The van der Waals surface area contributed by atoms with E-state index in [0.29, 0.717) is 5.56 Å². The van der Waals surface area contributed by atoms with Crippen molar-refractivity contribution in [2.24, 2.45) is 0 Å². The summed E-state index contributed by atoms with van der Waals surface area (Å²) in [7, 11) is 0. The Labute approximate surface area is 89.9 Å². The van der Waals surface area contributed by atoms with E-state index in [1.165, 1.54) is 0 Å². The lowest BCUT2D eigenvalue weighted by molar-refractivity contribution is 0.0947. The second-order valence-electron chi connectivity index (χ2n) is 3.45. The minimum Gasteiger partial charge on any atom is -0.339 e. The average molecular weight is 202 g/mol. The van der Waals surface area contributed by atoms with Crippen LogP contribution in [0.4, 0.5) is 0 Å². The van der Waals surface area contributed by atoms with Crippen molar-refractivity contribution in [3.63, 3.8) is 0 Å². The van der Waals surface area contributed by atoms with Crippen LogP contribution < -0.4 is 5.32 Å². The number of aryl methyl sites for hydroxylation is 2. The molecule has 78 valence electrons. The third-order valence-corrected chi connectivity index (χ3v) is 2.07. The van der Waals surface area contributed by atoms with Gasteiger partial charge >= 0.3 is 0 Å². The van der Waals surface area contributed by atoms with Crippen LogP contribution in [-0.4, -0.2) is 16.9 Å². The summed E-state index contributed by atoms with van der Waals surface area (Å²) in [6.07, 6.45) is 5.18. The summed E-state index contributed by atoms with van der Waals surface area (Å²) in [5.41, 5.74) is 2.19. The average Bonchev–Trinajstić information content (AvgIpc) is 2.17. The van der Waals surface area contributed by atoms with Crippen LogP contribution >= 0.6 is 0 Å². The van der Waals surface area contributed by atoms with Gasteiger partial charge < -0.3 is 5.32 Å². The lowest BCUT2D eigenvalue weighted by atomic mass is 10.1. The summed E-state index contributed by atoms with van der Waals surface area (Å²) in [5, 5.41) is 2.69. The fraction of sp³-hybridized carbons (Fsp3) is 0.333. The number of nitrogens with one attached hydrogen (secondary N) is 1. The summed E-state index contributed by atoms with van der Waals surface area (Å²) in [6.45, 7) is 5.45. The quantitative estimate of drug-likeness (QED) is 0.737. The molecule has 0 radical (unpaired) electrons. The molecule has 15 heavy (non-hydrogen) atoms. The van der Waals surface area contributed by atoms with Gasteiger partial charge in [0.1, 0.15) is 0 Å². The molecule has 1 heterocycles. The van der Waals surface area contributed by atoms with E-state index in [-0.39, 0.29) is 11.9 Å². The number of carbonyl (C=O) groups excluding carboxylic acids is 1. The summed E-state index contributed by atoms with van der Waals surface area (Å²) in [5.74, 6) is 2.27. The van der Waals surface area contributed by atoms with Gasteiger partial charge in [0.05, 0.1) is 17.3 Å². The molecule has 0 aliphatic heterocycles. The first-order chi connectivity index (χ1) is 7.04. The van der Waals surface area contributed by atoms with Crippen LogP contribution in [0.15, 0.2) is 12.1 Å². The molecule has 3 heteroatoms. The fourth-order valence-corrected chi connectivity index (χ4v) is 1.24. The van der Waals surface area contributed by atoms with Gasteiger partial charge in [0.15, 0.2) is 0 Å². The first kappa shape index (κ1) is 11.3. The fourth-order valence-electron chi connectivity index (χ4n) is 1.24. The molecule has 0 aliphatic rings. The zero-order chi connectivity index (χ0) is 11.4. The molecule has 0 fully saturated rings. The van der Waals surface area contributed by atoms with E-state index in [2.05, 4.69) is 16.2 Å². The highest BCUT2D eigenvalue weighted by atomic mass is 16.1. The number of hydrogen-bond acceptors (Lipinski definition) is 2. The van der Waals surface area contributed by atoms with Gasteiger partial charge in [-0.3, -0.25) is 9.78 Å². The van der Waals surface area contributed by atoms with Gasteiger partial charge in [-0.1, -0.05) is 5.92 Å². The van der Waals surface area contributed by atoms with E-state index in [9.17, 15) is 4.79 Å². The number of aromatic nitrogens is 1. The van der Waals surface area contributed by atoms with Gasteiger partial charge in [-0.05, 0) is 32.9 Å². The van der Waals surface area contributed by atoms with E-state index in [1.807, 2.05) is 19.9 Å². The smallest absolute Gasteiger partial charge is 0.254 e. The van der Waals surface area contributed by atoms with Crippen LogP contribution in [0.3, 0.4) is 0 Å². The summed E-state index contributed by atoms with van der Waals surface area (Å²) in [4.78, 5) is 15.9. The predicted octanol–water partition coefficient (Wildman–Crippen LogP) is 1.45. The van der Waals surface area contributed by atoms with Gasteiger partial charge in [0.25, 0.3) is 5.91 Å². The number of terminal acetylenes is 1. The van der Waals surface area contributed by atoms with E-state index < -0.39 is 0 Å². The second kappa shape index (κ2) is 4.61. The Morgan fingerprint density at radius 2 is 2.20 bits per heavy atom. The molecule has 0 bridgehead atoms. The molecule has 0 saturated heterocycles. The Hall–Kier alpha value is -1.82. The number of amides is 1. The Kier molecular flexibility index (Phi) is 3.46. The Morgan fingerprint density at radius 3 is 2.73 bits per heavy atom. The summed E-state index contributed by atoms with van der Waals surface area (Å²) in [6, 6.07) is 3.30. The van der Waals surface area contributed by atoms with Crippen LogP contribution in [0, 0.1) is 26.2 Å². The first-order valence-electron chi connectivity index (χ1n) is 4.76. The van der Waals surface area contributed by atoms with Crippen molar-refractivity contribution < 1.29 is 4.79 Å². The zero-order valence-corrected chi connectivity index (χ0v) is 9.16. The SMILES string of the molecule is C#CC(C)NC(=O)c1ccc(C)nc1C. The van der Waals surface area contributed by atoms with E-state index in [4.69, 9.17) is 6.42 Å². The van der Waals surface area contributed by atoms with Gasteiger partial charge in [0, 0.05) is 5.69 Å². The zero-order valence-electron chi connectivity index (χ0n) is 9.16. The molecular formula is C12H14N2O. The lowest BCUT2D eigenvalue weighted by Crippen LogP contribution is -2.31. The number of carbonyl (C=O) groups is 1. The number of rotatable bonds is 2. The molecule has 0 aromatic carbocycles. The highest BCUT2D eigenvalue weighted by Gasteiger charge is 2.11. The third kappa shape index (κ3) is 2.81. The topological polar surface area (TPSA) is 42.0 Å². The molecule has 1 rings (SSSR count). The molecule has 1 N–H and O–H groups in total. The number of nitrogens with zero attached hydrogens (tertiary/aromatic N) is 1. The van der Waals surface area contributed by atoms with E-state index in [0.717, 1.165) is 11.4 Å². The van der Waals surface area contributed by atoms with E-state index >= 15 is 0 Å². The van der Waals surface area contributed by atoms with Crippen molar-refractivity contribution >= 4 is 5.91 Å². The molecule has 0 aliphatic carbocycles. The molecule has 1 atom stereocenters. The van der Waals surface area contributed by atoms with Crippen molar-refractivity contribution in [1.82, 2.24) is 10.3 Å². The molecule has 3 nitrogen and oxygen atoms in total. The third-order valence-electron chi connectivity index (χ3n) is 2.07. The maximum Gasteiger partial charge on any atom is 0.254 e. The van der Waals surface area contributed by atoms with Crippen LogP contribution in [-0.2, 0) is 0 Å². The molecule has 1 aromatic heterocycles. The van der Waals surface area contributed by atoms with Gasteiger partial charge in [-0.2, -0.15) is 0 Å². The van der Waals surface area contributed by atoms with Gasteiger partial charge in [-0.25, -0.2) is 0 Å². The van der Waals surface area contributed by atoms with Crippen LogP contribution in [0.1, 0.15) is 28.7 Å². The Morgan fingerprint density at radius 1 is 1.53 bits per heavy atom. The van der Waals surface area contributed by atoms with Crippen LogP contribution in [0.25, 0.3) is 0 Å². The Bertz CT molecular complexity index is 418. The van der Waals surface area contributed by atoms with Crippen molar-refractivity contribution in [3.8, 4) is 12.3 Å². The van der Waals surface area contributed by atoms with E-state index in [1.54, 1.807) is 13.0 Å². The van der Waals surface area contributed by atoms with Crippen molar-refractivity contribution in [2.75, 3.05) is 0 Å². The second-order valence-corrected chi connectivity index (χ2v) is 3.45. The predicted molar refractivity (Wildman–Crippen MR) is 59.5 cm³/mol. The number of hydrogen-bond donors (Lipinski definition) is 1. The summed E-state index contributed by atoms with van der Waals surface area (Å²) >= 11 is 0. The monoisotopic (exact) mass is 202 g/mol. The highest BCUT2D eigenvalue weighted by Crippen LogP contribution is 2.06. The molecule has 1 aromatic rings. The molecule has 1 amide bonds. The largest absolute Gasteiger partial charge is 0.339 e. The molecule has 0 spiro atoms. The van der Waals surface area contributed by atoms with Crippen LogP contribution in [0.5, 0.6) is 0 Å². The van der Waals surface area contributed by atoms with Crippen LogP contribution in [0.2, 0.25) is 0 Å². The van der Waals surface area contributed by atoms with Crippen molar-refractivity contribution in [3.05, 3.63) is 29.1 Å². The number of pyridine rings is 1. The lowest BCUT2D eigenvalue weighted by Gasteiger charge is -2.09. The van der Waals surface area contributed by atoms with Gasteiger partial charge in [-0.15, -0.1) is 6.42 Å². The molecular weight excluding hydrogens is 188 g/mol. The highest BCUT2D eigenvalue weighted by molar-refractivity contribution is 5.95. The molecule has 1 unspecified atom stereocenters. The Balaban J connectivity index is 2.88. The standard InChI is InChI=1S/C12H14N2O/c1-5-8(2)14-12(15)11-7-6-9(3)13-10(11)4/h1,6-8H,2-4H3,(H,14,15). The minimum atomic E-state index is -0.266. The maximum atomic E-state index is 11.7. The van der Waals surface area contributed by atoms with Crippen molar-refractivity contribution in [2.45, 2.75) is 26.8 Å². The van der Waals surface area contributed by atoms with Gasteiger partial charge in [0.2, 0.25) is 0 Å². The minimum absolute atomic E-state index is 0.176. The first-order valence-corrected chi connectivity index (χ1v) is 4.76. The normalized spacial score (nSPS) is 11.6. The molecule has 0 saturated carbocycles. The van der Waals surface area contributed by atoms with Crippen molar-refractivity contribution in [1.29, 1.82) is 0 Å².